The van der Waals surface area contributed by atoms with Gasteiger partial charge in [0.2, 0.25) is 0 Å². The van der Waals surface area contributed by atoms with Crippen molar-refractivity contribution in [2.45, 2.75) is 13.8 Å². The van der Waals surface area contributed by atoms with Gasteiger partial charge in [0.05, 0.1) is 0 Å². The zero-order chi connectivity index (χ0) is 18.9. The SMILES string of the molecule is C#COP(Oc1ccc(OC(C)=O)cc1)Oc1ccc(OC(C)=O)cc1. The summed E-state index contributed by atoms with van der Waals surface area (Å²) in [6, 6.07) is 12.6. The highest BCUT2D eigenvalue weighted by Crippen LogP contribution is 2.41. The molecule has 0 saturated heterocycles. The molecule has 2 aromatic rings. The van der Waals surface area contributed by atoms with Crippen LogP contribution in [-0.2, 0) is 14.1 Å². The summed E-state index contributed by atoms with van der Waals surface area (Å²) in [5.41, 5.74) is 0. The fourth-order valence-corrected chi connectivity index (χ4v) is 2.53. The minimum Gasteiger partial charge on any atom is -0.427 e. The monoisotopic (exact) mass is 374 g/mol. The third-order valence-electron chi connectivity index (χ3n) is 2.66. The highest BCUT2D eigenvalue weighted by atomic mass is 31.2. The molecule has 0 atom stereocenters. The molecule has 0 aliphatic carbocycles. The van der Waals surface area contributed by atoms with E-state index in [2.05, 4.69) is 0 Å². The molecule has 0 radical (unpaired) electrons. The van der Waals surface area contributed by atoms with Crippen molar-refractivity contribution in [3.8, 4) is 35.5 Å². The lowest BCUT2D eigenvalue weighted by atomic mass is 10.3. The van der Waals surface area contributed by atoms with Crippen molar-refractivity contribution in [1.82, 2.24) is 0 Å². The van der Waals surface area contributed by atoms with Crippen LogP contribution in [0.2, 0.25) is 0 Å². The Hall–Kier alpha value is -3.23. The predicted octanol–water partition coefficient (Wildman–Crippen LogP) is 3.83. The van der Waals surface area contributed by atoms with Crippen LogP contribution in [0.25, 0.3) is 0 Å². The first-order chi connectivity index (χ1) is 12.5. The van der Waals surface area contributed by atoms with Crippen molar-refractivity contribution >= 4 is 20.5 Å². The molecule has 0 N–H and O–H groups in total. The summed E-state index contributed by atoms with van der Waals surface area (Å²) in [5.74, 6) is 0.759. The van der Waals surface area contributed by atoms with E-state index in [1.54, 1.807) is 48.5 Å². The molecular formula is C18H15O7P. The van der Waals surface area contributed by atoms with Crippen molar-refractivity contribution < 1.29 is 32.6 Å². The van der Waals surface area contributed by atoms with Crippen molar-refractivity contribution in [2.75, 3.05) is 0 Å². The largest absolute Gasteiger partial charge is 0.539 e. The van der Waals surface area contributed by atoms with Gasteiger partial charge in [0.25, 0.3) is 0 Å². The predicted molar refractivity (Wildman–Crippen MR) is 93.6 cm³/mol. The quantitative estimate of drug-likeness (QED) is 0.315. The zero-order valence-electron chi connectivity index (χ0n) is 14.0. The molecule has 2 aromatic carbocycles. The number of ether oxygens (including phenoxy) is 2. The molecule has 0 aliphatic heterocycles. The maximum atomic E-state index is 10.9. The summed E-state index contributed by atoms with van der Waals surface area (Å²) in [6.07, 6.45) is 7.19. The summed E-state index contributed by atoms with van der Waals surface area (Å²) >= 11 is 0. The van der Waals surface area contributed by atoms with E-state index < -0.39 is 20.5 Å². The second-order valence-electron chi connectivity index (χ2n) is 4.75. The Bertz CT molecular complexity index is 732. The number of terminal acetylenes is 1. The number of hydrogen-bond donors (Lipinski definition) is 0. The van der Waals surface area contributed by atoms with Gasteiger partial charge in [-0.2, -0.15) is 0 Å². The van der Waals surface area contributed by atoms with Crippen LogP contribution in [0.4, 0.5) is 0 Å². The van der Waals surface area contributed by atoms with E-state index in [1.807, 2.05) is 6.11 Å². The molecule has 0 unspecified atom stereocenters. The average Bonchev–Trinajstić information content (AvgIpc) is 2.58. The van der Waals surface area contributed by atoms with Gasteiger partial charge in [-0.1, -0.05) is 6.42 Å². The molecule has 2 rings (SSSR count). The molecule has 0 heterocycles. The average molecular weight is 374 g/mol. The summed E-state index contributed by atoms with van der Waals surface area (Å²) in [6.45, 7) is 2.62. The third-order valence-corrected chi connectivity index (χ3v) is 3.63. The fraction of sp³-hybridized carbons (Fsp3) is 0.111. The Kier molecular flexibility index (Phi) is 6.84. The van der Waals surface area contributed by atoms with Crippen molar-refractivity contribution in [3.63, 3.8) is 0 Å². The standard InChI is InChI=1S/C18H15O7P/c1-4-21-26(24-17-9-5-15(6-10-17)22-13(2)19)25-18-11-7-16(8-12-18)23-14(3)20/h1,5-12H,2-3H3. The summed E-state index contributed by atoms with van der Waals surface area (Å²) in [5, 5.41) is 0. The van der Waals surface area contributed by atoms with E-state index in [1.165, 1.54) is 13.8 Å². The van der Waals surface area contributed by atoms with E-state index in [9.17, 15) is 9.59 Å². The first-order valence-corrected chi connectivity index (χ1v) is 8.41. The lowest BCUT2D eigenvalue weighted by Gasteiger charge is -2.15. The Morgan fingerprint density at radius 2 is 1.12 bits per heavy atom. The van der Waals surface area contributed by atoms with E-state index in [0.717, 1.165) is 0 Å². The first kappa shape index (κ1) is 19.1. The number of esters is 2. The van der Waals surface area contributed by atoms with Gasteiger partial charge in [0.1, 0.15) is 29.1 Å². The Morgan fingerprint density at radius 3 is 1.42 bits per heavy atom. The number of benzene rings is 2. The zero-order valence-corrected chi connectivity index (χ0v) is 14.9. The highest BCUT2D eigenvalue weighted by molar-refractivity contribution is 7.42. The molecule has 0 aromatic heterocycles. The molecule has 8 heteroatoms. The van der Waals surface area contributed by atoms with Gasteiger partial charge in [0.15, 0.2) is 0 Å². The van der Waals surface area contributed by atoms with Crippen molar-refractivity contribution in [1.29, 1.82) is 0 Å². The Balaban J connectivity index is 2.01. The highest BCUT2D eigenvalue weighted by Gasteiger charge is 2.18. The lowest BCUT2D eigenvalue weighted by molar-refractivity contribution is -0.132. The van der Waals surface area contributed by atoms with Crippen LogP contribution in [0.3, 0.4) is 0 Å². The van der Waals surface area contributed by atoms with E-state index in [4.69, 9.17) is 29.5 Å². The number of carbonyl (C=O) groups excluding carboxylic acids is 2. The molecule has 0 saturated carbocycles. The first-order valence-electron chi connectivity index (χ1n) is 7.32. The van der Waals surface area contributed by atoms with Crippen LogP contribution in [0.15, 0.2) is 48.5 Å². The van der Waals surface area contributed by atoms with Crippen molar-refractivity contribution in [2.24, 2.45) is 0 Å². The van der Waals surface area contributed by atoms with Gasteiger partial charge < -0.3 is 23.0 Å². The number of hydrogen-bond acceptors (Lipinski definition) is 7. The van der Waals surface area contributed by atoms with E-state index in [0.29, 0.717) is 23.0 Å². The molecule has 0 fully saturated rings. The fourth-order valence-electron chi connectivity index (χ4n) is 1.74. The molecule has 26 heavy (non-hydrogen) atoms. The second-order valence-corrected chi connectivity index (χ2v) is 5.74. The van der Waals surface area contributed by atoms with Gasteiger partial charge in [-0.25, -0.2) is 0 Å². The van der Waals surface area contributed by atoms with Gasteiger partial charge in [-0.3, -0.25) is 9.59 Å². The Morgan fingerprint density at radius 1 is 0.769 bits per heavy atom. The molecule has 0 aliphatic rings. The van der Waals surface area contributed by atoms with Crippen LogP contribution < -0.4 is 18.5 Å². The maximum Gasteiger partial charge on any atom is 0.539 e. The molecule has 0 spiro atoms. The van der Waals surface area contributed by atoms with Gasteiger partial charge in [0, 0.05) is 13.8 Å². The van der Waals surface area contributed by atoms with Crippen molar-refractivity contribution in [3.05, 3.63) is 48.5 Å². The summed E-state index contributed by atoms with van der Waals surface area (Å²) < 4.78 is 26.0. The van der Waals surface area contributed by atoms with Crippen LogP contribution in [0.1, 0.15) is 13.8 Å². The van der Waals surface area contributed by atoms with Gasteiger partial charge >= 0.3 is 20.5 Å². The van der Waals surface area contributed by atoms with Gasteiger partial charge in [-0.05, 0) is 48.5 Å². The third kappa shape index (κ3) is 6.34. The topological polar surface area (TPSA) is 80.3 Å². The molecule has 0 bridgehead atoms. The van der Waals surface area contributed by atoms with E-state index in [-0.39, 0.29) is 0 Å². The van der Waals surface area contributed by atoms with Crippen LogP contribution in [0, 0.1) is 12.5 Å². The Labute approximate surface area is 151 Å². The van der Waals surface area contributed by atoms with Crippen LogP contribution in [0.5, 0.6) is 23.0 Å². The summed E-state index contributed by atoms with van der Waals surface area (Å²) in [4.78, 5) is 21.8. The molecule has 7 nitrogen and oxygen atoms in total. The minimum absolute atomic E-state index is 0.383. The molecule has 0 amide bonds. The van der Waals surface area contributed by atoms with Crippen LogP contribution in [-0.4, -0.2) is 11.9 Å². The second kappa shape index (κ2) is 9.30. The summed E-state index contributed by atoms with van der Waals surface area (Å²) in [7, 11) is -1.92. The lowest BCUT2D eigenvalue weighted by Crippen LogP contribution is -2.02. The maximum absolute atomic E-state index is 10.9. The molecular weight excluding hydrogens is 359 g/mol. The number of rotatable bonds is 7. The van der Waals surface area contributed by atoms with Crippen LogP contribution >= 0.6 is 8.60 Å². The molecule has 134 valence electrons. The number of carbonyl (C=O) groups is 2. The minimum atomic E-state index is -1.92. The normalized spacial score (nSPS) is 9.77. The van der Waals surface area contributed by atoms with Gasteiger partial charge in [-0.15, -0.1) is 0 Å². The smallest absolute Gasteiger partial charge is 0.427 e. The van der Waals surface area contributed by atoms with E-state index >= 15 is 0 Å².